The Hall–Kier alpha value is -2.00. The van der Waals surface area contributed by atoms with Crippen LogP contribution in [0, 0.1) is 6.07 Å². The number of likely N-dealkylation sites (tertiary alicyclic amines) is 1. The van der Waals surface area contributed by atoms with Crippen LogP contribution in [0.5, 0.6) is 11.5 Å². The average molecular weight is 309 g/mol. The van der Waals surface area contributed by atoms with Gasteiger partial charge in [-0.3, -0.25) is 0 Å². The summed E-state index contributed by atoms with van der Waals surface area (Å²) in [6, 6.07) is 19.6. The van der Waals surface area contributed by atoms with Gasteiger partial charge >= 0.3 is 0 Å². The van der Waals surface area contributed by atoms with Crippen molar-refractivity contribution in [2.24, 2.45) is 0 Å². The van der Waals surface area contributed by atoms with Crippen LogP contribution in [0.2, 0.25) is 0 Å². The summed E-state index contributed by atoms with van der Waals surface area (Å²) in [7, 11) is 2.20. The summed E-state index contributed by atoms with van der Waals surface area (Å²) in [6.45, 7) is 5.82. The highest BCUT2D eigenvalue weighted by Gasteiger charge is 2.21. The van der Waals surface area contributed by atoms with Crippen molar-refractivity contribution in [3.8, 4) is 11.5 Å². The molecule has 0 amide bonds. The molecule has 0 saturated carbocycles. The number of hydrogen-bond donors (Lipinski definition) is 0. The van der Waals surface area contributed by atoms with E-state index in [1.54, 1.807) is 0 Å². The first-order chi connectivity index (χ1) is 11.3. The lowest BCUT2D eigenvalue weighted by Crippen LogP contribution is -2.43. The zero-order valence-electron chi connectivity index (χ0n) is 14.0. The van der Waals surface area contributed by atoms with E-state index in [1.165, 1.54) is 38.2 Å². The number of benzene rings is 2. The maximum absolute atomic E-state index is 5.84. The summed E-state index contributed by atoms with van der Waals surface area (Å²) in [6.07, 6.45) is 2.48. The van der Waals surface area contributed by atoms with Gasteiger partial charge in [0.05, 0.1) is 0 Å². The fourth-order valence-corrected chi connectivity index (χ4v) is 3.16. The molecular weight excluding hydrogens is 284 g/mol. The SMILES string of the molecule is CCN1CCC(N(C)c2ccc(Oc3cc[c]cc3)cc2)CC1. The van der Waals surface area contributed by atoms with E-state index in [4.69, 9.17) is 4.74 Å². The van der Waals surface area contributed by atoms with Crippen LogP contribution in [0.4, 0.5) is 5.69 Å². The summed E-state index contributed by atoms with van der Waals surface area (Å²) in [5.41, 5.74) is 1.26. The molecular formula is C20H25N2O. The van der Waals surface area contributed by atoms with Gasteiger partial charge in [-0.25, -0.2) is 0 Å². The van der Waals surface area contributed by atoms with Crippen molar-refractivity contribution in [3.05, 3.63) is 54.6 Å². The van der Waals surface area contributed by atoms with Gasteiger partial charge in [0, 0.05) is 31.9 Å². The van der Waals surface area contributed by atoms with Crippen molar-refractivity contribution in [1.29, 1.82) is 0 Å². The van der Waals surface area contributed by atoms with Gasteiger partial charge in [0.25, 0.3) is 0 Å². The van der Waals surface area contributed by atoms with Crippen LogP contribution in [-0.2, 0) is 0 Å². The molecule has 1 aliphatic heterocycles. The van der Waals surface area contributed by atoms with E-state index in [9.17, 15) is 0 Å². The minimum Gasteiger partial charge on any atom is -0.457 e. The summed E-state index contributed by atoms with van der Waals surface area (Å²) in [4.78, 5) is 4.94. The molecule has 2 aromatic carbocycles. The van der Waals surface area contributed by atoms with E-state index < -0.39 is 0 Å². The Morgan fingerprint density at radius 2 is 1.65 bits per heavy atom. The third kappa shape index (κ3) is 4.05. The van der Waals surface area contributed by atoms with Gasteiger partial charge in [0.15, 0.2) is 0 Å². The van der Waals surface area contributed by atoms with Crippen LogP contribution < -0.4 is 9.64 Å². The quantitative estimate of drug-likeness (QED) is 0.823. The predicted octanol–water partition coefficient (Wildman–Crippen LogP) is 4.20. The highest BCUT2D eigenvalue weighted by molar-refractivity contribution is 5.50. The molecule has 3 heteroatoms. The van der Waals surface area contributed by atoms with Gasteiger partial charge in [-0.05, 0) is 61.9 Å². The zero-order chi connectivity index (χ0) is 16.1. The molecule has 0 aromatic heterocycles. The fourth-order valence-electron chi connectivity index (χ4n) is 3.16. The molecule has 0 atom stereocenters. The van der Waals surface area contributed by atoms with Gasteiger partial charge in [-0.15, -0.1) is 0 Å². The summed E-state index contributed by atoms with van der Waals surface area (Å²) in [5.74, 6) is 1.71. The van der Waals surface area contributed by atoms with E-state index in [-0.39, 0.29) is 0 Å². The first-order valence-electron chi connectivity index (χ1n) is 8.45. The van der Waals surface area contributed by atoms with E-state index >= 15 is 0 Å². The second kappa shape index (κ2) is 7.51. The largest absolute Gasteiger partial charge is 0.457 e. The van der Waals surface area contributed by atoms with Crippen molar-refractivity contribution in [2.45, 2.75) is 25.8 Å². The second-order valence-electron chi connectivity index (χ2n) is 6.11. The molecule has 2 aromatic rings. The van der Waals surface area contributed by atoms with E-state index in [2.05, 4.69) is 42.0 Å². The number of ether oxygens (including phenoxy) is 1. The van der Waals surface area contributed by atoms with Crippen LogP contribution in [0.1, 0.15) is 19.8 Å². The molecule has 0 unspecified atom stereocenters. The maximum Gasteiger partial charge on any atom is 0.127 e. The van der Waals surface area contributed by atoms with Crippen molar-refractivity contribution in [1.82, 2.24) is 4.90 Å². The highest BCUT2D eigenvalue weighted by atomic mass is 16.5. The minimum atomic E-state index is 0.634. The Labute approximate surface area is 139 Å². The van der Waals surface area contributed by atoms with E-state index in [0.29, 0.717) is 6.04 Å². The molecule has 0 N–H and O–H groups in total. The van der Waals surface area contributed by atoms with E-state index in [1.807, 2.05) is 36.4 Å². The first kappa shape index (κ1) is 15.9. The Morgan fingerprint density at radius 3 is 2.26 bits per heavy atom. The van der Waals surface area contributed by atoms with Crippen molar-refractivity contribution < 1.29 is 4.74 Å². The summed E-state index contributed by atoms with van der Waals surface area (Å²) < 4.78 is 5.84. The van der Waals surface area contributed by atoms with Gasteiger partial charge in [-0.1, -0.05) is 19.1 Å². The molecule has 0 bridgehead atoms. The monoisotopic (exact) mass is 309 g/mol. The molecule has 121 valence electrons. The molecule has 1 saturated heterocycles. The molecule has 3 rings (SSSR count). The van der Waals surface area contributed by atoms with Crippen LogP contribution in [0.3, 0.4) is 0 Å². The number of anilines is 1. The van der Waals surface area contributed by atoms with Gasteiger partial charge in [-0.2, -0.15) is 0 Å². The Bertz CT molecular complexity index is 589. The van der Waals surface area contributed by atoms with Gasteiger partial charge < -0.3 is 14.5 Å². The first-order valence-corrected chi connectivity index (χ1v) is 8.45. The minimum absolute atomic E-state index is 0.634. The molecule has 1 fully saturated rings. The molecule has 3 nitrogen and oxygen atoms in total. The molecule has 23 heavy (non-hydrogen) atoms. The zero-order valence-corrected chi connectivity index (χ0v) is 14.0. The topological polar surface area (TPSA) is 15.7 Å². The Kier molecular flexibility index (Phi) is 5.19. The maximum atomic E-state index is 5.84. The summed E-state index contributed by atoms with van der Waals surface area (Å²) >= 11 is 0. The van der Waals surface area contributed by atoms with Gasteiger partial charge in [0.1, 0.15) is 11.5 Å². The smallest absolute Gasteiger partial charge is 0.127 e. The number of nitrogens with zero attached hydrogens (tertiary/aromatic N) is 2. The summed E-state index contributed by atoms with van der Waals surface area (Å²) in [5, 5.41) is 0. The number of hydrogen-bond acceptors (Lipinski definition) is 3. The average Bonchev–Trinajstić information content (AvgIpc) is 2.63. The van der Waals surface area contributed by atoms with E-state index in [0.717, 1.165) is 11.5 Å². The third-order valence-corrected chi connectivity index (χ3v) is 4.72. The van der Waals surface area contributed by atoms with Crippen LogP contribution >= 0.6 is 0 Å². The lowest BCUT2D eigenvalue weighted by molar-refractivity contribution is 0.221. The normalized spacial score (nSPS) is 16.3. The predicted molar refractivity (Wildman–Crippen MR) is 95.3 cm³/mol. The number of piperidine rings is 1. The molecule has 1 radical (unpaired) electrons. The second-order valence-corrected chi connectivity index (χ2v) is 6.11. The van der Waals surface area contributed by atoms with Crippen LogP contribution in [-0.4, -0.2) is 37.6 Å². The lowest BCUT2D eigenvalue weighted by atomic mass is 10.0. The van der Waals surface area contributed by atoms with Crippen molar-refractivity contribution in [2.75, 3.05) is 31.6 Å². The Balaban J connectivity index is 1.60. The van der Waals surface area contributed by atoms with Gasteiger partial charge in [0.2, 0.25) is 0 Å². The van der Waals surface area contributed by atoms with Crippen LogP contribution in [0.15, 0.2) is 48.5 Å². The van der Waals surface area contributed by atoms with Crippen molar-refractivity contribution >= 4 is 5.69 Å². The number of rotatable bonds is 5. The standard InChI is InChI=1S/C20H25N2O/c1-3-22-15-13-18(14-16-22)21(2)17-9-11-20(12-10-17)23-19-7-5-4-6-8-19/h5-12,18H,3,13-16H2,1-2H3. The van der Waals surface area contributed by atoms with Crippen molar-refractivity contribution in [3.63, 3.8) is 0 Å². The Morgan fingerprint density at radius 1 is 1.04 bits per heavy atom. The fraction of sp³-hybridized carbons (Fsp3) is 0.400. The molecule has 1 heterocycles. The molecule has 0 aliphatic carbocycles. The van der Waals surface area contributed by atoms with Crippen LogP contribution in [0.25, 0.3) is 0 Å². The molecule has 1 aliphatic rings. The lowest BCUT2D eigenvalue weighted by Gasteiger charge is -2.37. The third-order valence-electron chi connectivity index (χ3n) is 4.72. The highest BCUT2D eigenvalue weighted by Crippen LogP contribution is 2.26. The molecule has 0 spiro atoms.